The maximum atomic E-state index is 12.5. The van der Waals surface area contributed by atoms with Crippen LogP contribution in [-0.4, -0.2) is 38.1 Å². The molecule has 1 aromatic heterocycles. The Labute approximate surface area is 167 Å². The van der Waals surface area contributed by atoms with Crippen molar-refractivity contribution in [1.29, 1.82) is 0 Å². The van der Waals surface area contributed by atoms with Crippen LogP contribution in [0.4, 0.5) is 5.82 Å². The fourth-order valence-electron chi connectivity index (χ4n) is 3.06. The third-order valence-electron chi connectivity index (χ3n) is 4.69. The molecular weight excluding hydrogens is 376 g/mol. The molecule has 0 saturated carbocycles. The smallest absolute Gasteiger partial charge is 0.240 e. The number of ether oxygens (including phenoxy) is 1. The maximum absolute atomic E-state index is 12.5. The molecule has 0 spiro atoms. The monoisotopic (exact) mass is 404 g/mol. The van der Waals surface area contributed by atoms with Crippen LogP contribution in [0.5, 0.6) is 5.75 Å². The number of anilines is 1. The summed E-state index contributed by atoms with van der Waals surface area (Å²) in [6, 6.07) is 8.33. The van der Waals surface area contributed by atoms with Gasteiger partial charge in [-0.15, -0.1) is 0 Å². The van der Waals surface area contributed by atoms with Gasteiger partial charge in [-0.2, -0.15) is 0 Å². The number of hydrogen-bond donors (Lipinski definition) is 1. The van der Waals surface area contributed by atoms with Crippen molar-refractivity contribution < 1.29 is 13.2 Å². The molecule has 152 valence electrons. The highest BCUT2D eigenvalue weighted by Crippen LogP contribution is 2.18. The molecule has 0 radical (unpaired) electrons. The summed E-state index contributed by atoms with van der Waals surface area (Å²) in [5.41, 5.74) is 0. The lowest BCUT2D eigenvalue weighted by Gasteiger charge is -2.27. The molecule has 2 aromatic rings. The van der Waals surface area contributed by atoms with Gasteiger partial charge in [0, 0.05) is 19.3 Å². The van der Waals surface area contributed by atoms with E-state index in [1.54, 1.807) is 30.5 Å². The molecule has 1 aliphatic heterocycles. The Bertz CT molecular complexity index is 850. The molecule has 1 fully saturated rings. The van der Waals surface area contributed by atoms with E-state index in [4.69, 9.17) is 4.74 Å². The van der Waals surface area contributed by atoms with E-state index < -0.39 is 10.0 Å². The van der Waals surface area contributed by atoms with Crippen molar-refractivity contribution in [2.24, 2.45) is 0 Å². The molecule has 0 amide bonds. The highest BCUT2D eigenvalue weighted by Gasteiger charge is 2.16. The second kappa shape index (κ2) is 9.84. The first-order chi connectivity index (χ1) is 13.6. The van der Waals surface area contributed by atoms with Gasteiger partial charge in [0.25, 0.3) is 0 Å². The summed E-state index contributed by atoms with van der Waals surface area (Å²) >= 11 is 0. The van der Waals surface area contributed by atoms with Gasteiger partial charge in [-0.3, -0.25) is 0 Å². The van der Waals surface area contributed by atoms with Crippen LogP contribution in [-0.2, 0) is 16.6 Å². The number of unbranched alkanes of at least 4 members (excludes halogenated alkanes) is 1. The normalized spacial score (nSPS) is 14.8. The van der Waals surface area contributed by atoms with Crippen molar-refractivity contribution in [1.82, 2.24) is 14.7 Å². The summed E-state index contributed by atoms with van der Waals surface area (Å²) in [4.78, 5) is 11.1. The minimum atomic E-state index is -3.64. The molecule has 2 heterocycles. The van der Waals surface area contributed by atoms with Crippen LogP contribution >= 0.6 is 0 Å². The zero-order valence-electron chi connectivity index (χ0n) is 16.3. The van der Waals surface area contributed by atoms with Gasteiger partial charge >= 0.3 is 0 Å². The van der Waals surface area contributed by atoms with E-state index in [0.29, 0.717) is 18.2 Å². The molecular formula is C20H28N4O3S. The molecule has 0 bridgehead atoms. The summed E-state index contributed by atoms with van der Waals surface area (Å²) in [5, 5.41) is 0. The fraction of sp³-hybridized carbons (Fsp3) is 0.500. The molecule has 0 aliphatic carbocycles. The predicted molar refractivity (Wildman–Crippen MR) is 109 cm³/mol. The van der Waals surface area contributed by atoms with Crippen molar-refractivity contribution in [3.8, 4) is 5.75 Å². The summed E-state index contributed by atoms with van der Waals surface area (Å²) < 4.78 is 33.2. The van der Waals surface area contributed by atoms with Gasteiger partial charge in [0.1, 0.15) is 17.4 Å². The summed E-state index contributed by atoms with van der Waals surface area (Å²) in [7, 11) is -3.64. The number of rotatable bonds is 9. The minimum absolute atomic E-state index is 0.0543. The third kappa shape index (κ3) is 5.65. The zero-order valence-corrected chi connectivity index (χ0v) is 17.1. The highest BCUT2D eigenvalue weighted by molar-refractivity contribution is 7.89. The quantitative estimate of drug-likeness (QED) is 0.647. The molecule has 3 rings (SSSR count). The molecule has 0 unspecified atom stereocenters. The first-order valence-electron chi connectivity index (χ1n) is 9.88. The second-order valence-electron chi connectivity index (χ2n) is 6.88. The maximum Gasteiger partial charge on any atom is 0.240 e. The average Bonchev–Trinajstić information content (AvgIpc) is 2.74. The molecule has 28 heavy (non-hydrogen) atoms. The van der Waals surface area contributed by atoms with Crippen molar-refractivity contribution >= 4 is 15.8 Å². The lowest BCUT2D eigenvalue weighted by atomic mass is 10.1. The number of aromatic nitrogens is 2. The second-order valence-corrected chi connectivity index (χ2v) is 8.64. The molecule has 1 saturated heterocycles. The van der Waals surface area contributed by atoms with Crippen LogP contribution in [0.3, 0.4) is 0 Å². The number of sulfonamides is 1. The van der Waals surface area contributed by atoms with Crippen LogP contribution in [0.25, 0.3) is 0 Å². The van der Waals surface area contributed by atoms with Crippen LogP contribution in [0.15, 0.2) is 41.4 Å². The van der Waals surface area contributed by atoms with Gasteiger partial charge in [-0.05, 0) is 56.0 Å². The molecule has 7 nitrogen and oxygen atoms in total. The number of piperidine rings is 1. The number of hydrogen-bond acceptors (Lipinski definition) is 6. The van der Waals surface area contributed by atoms with Crippen molar-refractivity contribution in [2.45, 2.75) is 50.5 Å². The van der Waals surface area contributed by atoms with Gasteiger partial charge in [0.15, 0.2) is 0 Å². The third-order valence-corrected chi connectivity index (χ3v) is 6.11. The van der Waals surface area contributed by atoms with Gasteiger partial charge in [-0.25, -0.2) is 23.1 Å². The van der Waals surface area contributed by atoms with E-state index in [9.17, 15) is 8.42 Å². The first-order valence-corrected chi connectivity index (χ1v) is 11.4. The van der Waals surface area contributed by atoms with Crippen LogP contribution in [0, 0.1) is 0 Å². The van der Waals surface area contributed by atoms with Crippen LogP contribution in [0.1, 0.15) is 44.9 Å². The molecule has 1 N–H and O–H groups in total. The topological polar surface area (TPSA) is 84.4 Å². The van der Waals surface area contributed by atoms with Crippen LogP contribution < -0.4 is 14.4 Å². The molecule has 1 aliphatic rings. The van der Waals surface area contributed by atoms with E-state index >= 15 is 0 Å². The van der Waals surface area contributed by atoms with E-state index in [1.165, 1.54) is 6.42 Å². The Morgan fingerprint density at radius 1 is 1.11 bits per heavy atom. The van der Waals surface area contributed by atoms with E-state index in [1.807, 2.05) is 6.07 Å². The average molecular weight is 405 g/mol. The number of nitrogens with zero attached hydrogens (tertiary/aromatic N) is 3. The summed E-state index contributed by atoms with van der Waals surface area (Å²) in [5.74, 6) is 1.99. The van der Waals surface area contributed by atoms with Crippen molar-refractivity contribution in [2.75, 3.05) is 24.6 Å². The summed E-state index contributed by atoms with van der Waals surface area (Å²) in [6.45, 7) is 4.74. The van der Waals surface area contributed by atoms with Gasteiger partial charge < -0.3 is 9.64 Å². The van der Waals surface area contributed by atoms with E-state index in [0.717, 1.165) is 44.6 Å². The lowest BCUT2D eigenvalue weighted by molar-refractivity contribution is 0.309. The Kier molecular flexibility index (Phi) is 7.22. The van der Waals surface area contributed by atoms with Gasteiger partial charge in [-0.1, -0.05) is 13.3 Å². The highest BCUT2D eigenvalue weighted by atomic mass is 32.2. The number of nitrogens with one attached hydrogen (secondary N) is 1. The standard InChI is InChI=1S/C20H28N4O3S/c1-2-3-15-27-17-7-9-18(10-8-17)28(25,26)22-16-19-21-12-11-20(23-19)24-13-5-4-6-14-24/h7-12,22H,2-6,13-16H2,1H3. The van der Waals surface area contributed by atoms with Crippen LogP contribution in [0.2, 0.25) is 0 Å². The molecule has 1 aromatic carbocycles. The zero-order chi connectivity index (χ0) is 19.8. The molecule has 8 heteroatoms. The molecule has 0 atom stereocenters. The fourth-order valence-corrected chi connectivity index (χ4v) is 4.05. The first kappa shape index (κ1) is 20.5. The Morgan fingerprint density at radius 2 is 1.86 bits per heavy atom. The van der Waals surface area contributed by atoms with Crippen molar-refractivity contribution in [3.63, 3.8) is 0 Å². The largest absolute Gasteiger partial charge is 0.494 e. The van der Waals surface area contributed by atoms with Gasteiger partial charge in [0.05, 0.1) is 18.0 Å². The SMILES string of the molecule is CCCCOc1ccc(S(=O)(=O)NCc2nccc(N3CCCCC3)n2)cc1. The number of benzene rings is 1. The Hall–Kier alpha value is -2.19. The Balaban J connectivity index is 1.60. The summed E-state index contributed by atoms with van der Waals surface area (Å²) in [6.07, 6.45) is 7.27. The Morgan fingerprint density at radius 3 is 2.57 bits per heavy atom. The van der Waals surface area contributed by atoms with E-state index in [2.05, 4.69) is 26.5 Å². The van der Waals surface area contributed by atoms with Crippen molar-refractivity contribution in [3.05, 3.63) is 42.4 Å². The lowest BCUT2D eigenvalue weighted by Crippen LogP contribution is -2.31. The van der Waals surface area contributed by atoms with Gasteiger partial charge in [0.2, 0.25) is 10.0 Å². The predicted octanol–water partition coefficient (Wildman–Crippen LogP) is 3.12. The van der Waals surface area contributed by atoms with E-state index in [-0.39, 0.29) is 11.4 Å². The minimum Gasteiger partial charge on any atom is -0.494 e.